The highest BCUT2D eigenvalue weighted by molar-refractivity contribution is 5.02. The van der Waals surface area contributed by atoms with Crippen molar-refractivity contribution in [3.63, 3.8) is 0 Å². The molecule has 0 spiro atoms. The quantitative estimate of drug-likeness (QED) is 0.240. The van der Waals surface area contributed by atoms with Gasteiger partial charge in [-0.05, 0) is 63.0 Å². The summed E-state index contributed by atoms with van der Waals surface area (Å²) in [5, 5.41) is 0. The van der Waals surface area contributed by atoms with Gasteiger partial charge in [0.2, 0.25) is 0 Å². The van der Waals surface area contributed by atoms with Crippen molar-refractivity contribution in [2.45, 2.75) is 73.1 Å². The van der Waals surface area contributed by atoms with E-state index in [9.17, 15) is 0 Å². The molecule has 0 rings (SSSR count). The topological polar surface area (TPSA) is 9.23 Å². The average Bonchev–Trinajstić information content (AvgIpc) is 2.45. The van der Waals surface area contributed by atoms with Crippen LogP contribution >= 0.6 is 0 Å². The molecule has 1 heteroatoms. The van der Waals surface area contributed by atoms with Crippen molar-refractivity contribution in [3.05, 3.63) is 35.6 Å². The second-order valence-corrected chi connectivity index (χ2v) is 5.47. The van der Waals surface area contributed by atoms with Gasteiger partial charge in [0, 0.05) is 0 Å². The van der Waals surface area contributed by atoms with Crippen LogP contribution in [0.3, 0.4) is 0 Å². The van der Waals surface area contributed by atoms with Gasteiger partial charge in [0.25, 0.3) is 0 Å². The van der Waals surface area contributed by atoms with Crippen LogP contribution in [0, 0.1) is 5.92 Å². The maximum atomic E-state index is 5.80. The van der Waals surface area contributed by atoms with Gasteiger partial charge in [-0.25, -0.2) is 0 Å². The molecule has 1 unspecified atom stereocenters. The Hall–Kier alpha value is -0.980. The molecule has 1 nitrogen and oxygen atoms in total. The molecule has 0 saturated carbocycles. The minimum absolute atomic E-state index is 0.698. The lowest BCUT2D eigenvalue weighted by atomic mass is 10.0. The number of ether oxygens (including phenoxy) is 1. The van der Waals surface area contributed by atoms with Crippen LogP contribution in [0.1, 0.15) is 73.1 Å². The van der Waals surface area contributed by atoms with Crippen LogP contribution in [-0.4, -0.2) is 6.61 Å². The molecule has 0 aliphatic rings. The van der Waals surface area contributed by atoms with Gasteiger partial charge in [-0.3, -0.25) is 0 Å². The van der Waals surface area contributed by atoms with Crippen LogP contribution in [0.15, 0.2) is 35.6 Å². The highest BCUT2D eigenvalue weighted by Gasteiger charge is 1.98. The van der Waals surface area contributed by atoms with Gasteiger partial charge in [0.15, 0.2) is 0 Å². The normalized spacial score (nSPS) is 14.8. The molecule has 0 aromatic rings. The number of rotatable bonds is 11. The number of hydrogen-bond acceptors (Lipinski definition) is 1. The van der Waals surface area contributed by atoms with Gasteiger partial charge < -0.3 is 4.74 Å². The summed E-state index contributed by atoms with van der Waals surface area (Å²) < 4.78 is 5.80. The Kier molecular flexibility index (Phi) is 12.4. The van der Waals surface area contributed by atoms with E-state index in [1.54, 1.807) is 0 Å². The zero-order chi connectivity index (χ0) is 15.2. The summed E-state index contributed by atoms with van der Waals surface area (Å²) in [6.45, 7) is 11.7. The summed E-state index contributed by atoms with van der Waals surface area (Å²) in [6, 6.07) is 0. The first-order valence-corrected chi connectivity index (χ1v) is 8.28. The predicted molar refractivity (Wildman–Crippen MR) is 90.8 cm³/mol. The minimum Gasteiger partial charge on any atom is -0.494 e. The first-order valence-electron chi connectivity index (χ1n) is 8.28. The Bertz CT molecular complexity index is 310. The Labute approximate surface area is 126 Å². The molecular formula is C19H34O. The molecule has 0 saturated heterocycles. The van der Waals surface area contributed by atoms with Crippen molar-refractivity contribution in [2.75, 3.05) is 6.61 Å². The fourth-order valence-electron chi connectivity index (χ4n) is 2.07. The molecule has 0 fully saturated rings. The van der Waals surface area contributed by atoms with Gasteiger partial charge in [0.1, 0.15) is 6.61 Å². The van der Waals surface area contributed by atoms with Crippen LogP contribution in [0.4, 0.5) is 0 Å². The lowest BCUT2D eigenvalue weighted by Crippen LogP contribution is -1.96. The monoisotopic (exact) mass is 278 g/mol. The zero-order valence-electron chi connectivity index (χ0n) is 14.2. The molecule has 0 radical (unpaired) electrons. The van der Waals surface area contributed by atoms with Gasteiger partial charge >= 0.3 is 0 Å². The first kappa shape index (κ1) is 19.0. The van der Waals surface area contributed by atoms with Crippen LogP contribution in [0.2, 0.25) is 0 Å². The number of hydrogen-bond donors (Lipinski definition) is 0. The summed E-state index contributed by atoms with van der Waals surface area (Å²) >= 11 is 0. The van der Waals surface area contributed by atoms with E-state index in [1.807, 2.05) is 0 Å². The van der Waals surface area contributed by atoms with Crippen molar-refractivity contribution in [1.29, 1.82) is 0 Å². The third-order valence-corrected chi connectivity index (χ3v) is 3.43. The molecule has 0 aliphatic carbocycles. The van der Waals surface area contributed by atoms with E-state index in [4.69, 9.17) is 4.74 Å². The zero-order valence-corrected chi connectivity index (χ0v) is 14.2. The van der Waals surface area contributed by atoms with E-state index in [0.717, 1.165) is 38.0 Å². The standard InChI is InChI=1S/C19H34O/c1-6-9-13-17(4)14-10-11-15-18(5)20-16-19(8-3)12-7-2/h9,12-13,15,17H,6-8,10-11,14,16H2,1-5H3/b13-9-,18-15+,19-12+. The van der Waals surface area contributed by atoms with Gasteiger partial charge in [0.05, 0.1) is 5.76 Å². The summed E-state index contributed by atoms with van der Waals surface area (Å²) in [5.41, 5.74) is 1.40. The van der Waals surface area contributed by atoms with E-state index >= 15 is 0 Å². The number of allylic oxidation sites excluding steroid dienone is 5. The first-order chi connectivity index (χ1) is 9.63. The van der Waals surface area contributed by atoms with Crippen molar-refractivity contribution < 1.29 is 4.74 Å². The van der Waals surface area contributed by atoms with Crippen LogP contribution in [0.25, 0.3) is 0 Å². The Balaban J connectivity index is 3.85. The van der Waals surface area contributed by atoms with Gasteiger partial charge in [-0.1, -0.05) is 45.9 Å². The van der Waals surface area contributed by atoms with Crippen molar-refractivity contribution in [1.82, 2.24) is 0 Å². The summed E-state index contributed by atoms with van der Waals surface area (Å²) in [6.07, 6.45) is 16.0. The molecule has 0 heterocycles. The van der Waals surface area contributed by atoms with Crippen LogP contribution < -0.4 is 0 Å². The highest BCUT2D eigenvalue weighted by Crippen LogP contribution is 2.12. The second-order valence-electron chi connectivity index (χ2n) is 5.47. The van der Waals surface area contributed by atoms with E-state index < -0.39 is 0 Å². The molecule has 0 N–H and O–H groups in total. The Morgan fingerprint density at radius 3 is 2.45 bits per heavy atom. The van der Waals surface area contributed by atoms with Crippen molar-refractivity contribution in [3.8, 4) is 0 Å². The molecule has 1 atom stereocenters. The molecule has 20 heavy (non-hydrogen) atoms. The van der Waals surface area contributed by atoms with Gasteiger partial charge in [-0.2, -0.15) is 0 Å². The van der Waals surface area contributed by atoms with Crippen molar-refractivity contribution in [2.24, 2.45) is 5.92 Å². The van der Waals surface area contributed by atoms with Gasteiger partial charge in [-0.15, -0.1) is 0 Å². The SMILES string of the molecule is CC/C=C\C(C)CCC/C=C(\C)OC/C(=C/CC)CC. The summed E-state index contributed by atoms with van der Waals surface area (Å²) in [4.78, 5) is 0. The molecule has 0 aromatic carbocycles. The minimum atomic E-state index is 0.698. The summed E-state index contributed by atoms with van der Waals surface area (Å²) in [5.74, 6) is 1.76. The van der Waals surface area contributed by atoms with E-state index in [2.05, 4.69) is 58.9 Å². The molecule has 0 amide bonds. The highest BCUT2D eigenvalue weighted by atomic mass is 16.5. The molecule has 0 aliphatic heterocycles. The number of unbranched alkanes of at least 4 members (excludes halogenated alkanes) is 1. The van der Waals surface area contributed by atoms with Crippen LogP contribution in [-0.2, 0) is 4.74 Å². The fourth-order valence-corrected chi connectivity index (χ4v) is 2.07. The lowest BCUT2D eigenvalue weighted by Gasteiger charge is -2.09. The van der Waals surface area contributed by atoms with E-state index in [-0.39, 0.29) is 0 Å². The molecule has 116 valence electrons. The molecular weight excluding hydrogens is 244 g/mol. The fraction of sp³-hybridized carbons (Fsp3) is 0.684. The van der Waals surface area contributed by atoms with Crippen LogP contribution in [0.5, 0.6) is 0 Å². The van der Waals surface area contributed by atoms with E-state index in [0.29, 0.717) is 5.92 Å². The largest absolute Gasteiger partial charge is 0.494 e. The smallest absolute Gasteiger partial charge is 0.109 e. The third kappa shape index (κ3) is 10.9. The predicted octanol–water partition coefficient (Wildman–Crippen LogP) is 6.43. The Morgan fingerprint density at radius 1 is 1.10 bits per heavy atom. The van der Waals surface area contributed by atoms with E-state index in [1.165, 1.54) is 18.4 Å². The molecule has 0 bridgehead atoms. The lowest BCUT2D eigenvalue weighted by molar-refractivity contribution is 0.237. The third-order valence-electron chi connectivity index (χ3n) is 3.43. The maximum absolute atomic E-state index is 5.80. The van der Waals surface area contributed by atoms with Crippen molar-refractivity contribution >= 4 is 0 Å². The Morgan fingerprint density at radius 2 is 1.85 bits per heavy atom. The molecule has 0 aromatic heterocycles. The summed E-state index contributed by atoms with van der Waals surface area (Å²) in [7, 11) is 0. The average molecular weight is 278 g/mol. The second kappa shape index (κ2) is 13.0. The maximum Gasteiger partial charge on any atom is 0.109 e.